The maximum Gasteiger partial charge on any atom is 0.348 e. The van der Waals surface area contributed by atoms with Crippen LogP contribution in [-0.2, 0) is 16.1 Å². The molecule has 0 saturated carbocycles. The molecule has 0 aromatic heterocycles. The van der Waals surface area contributed by atoms with Gasteiger partial charge in [0.25, 0.3) is 0 Å². The number of carboxylic acids is 1. The highest BCUT2D eigenvalue weighted by atomic mass is 16.5. The van der Waals surface area contributed by atoms with Crippen LogP contribution in [0.1, 0.15) is 28.4 Å². The molecule has 0 aliphatic heterocycles. The lowest BCUT2D eigenvalue weighted by Gasteiger charge is -2.12. The van der Waals surface area contributed by atoms with E-state index in [0.717, 1.165) is 0 Å². The molecule has 2 rings (SSSR count). The van der Waals surface area contributed by atoms with E-state index in [1.807, 2.05) is 6.07 Å². The smallest absolute Gasteiger partial charge is 0.348 e. The lowest BCUT2D eigenvalue weighted by atomic mass is 10.1. The van der Waals surface area contributed by atoms with E-state index >= 15 is 0 Å². The van der Waals surface area contributed by atoms with Crippen molar-refractivity contribution in [2.24, 2.45) is 0 Å². The summed E-state index contributed by atoms with van der Waals surface area (Å²) in [7, 11) is 1.47. The molecule has 0 saturated heterocycles. The van der Waals surface area contributed by atoms with E-state index in [1.165, 1.54) is 25.3 Å². The standard InChI is InChI=1S/C21H19NO6/c1-3-27-21(25)17(12-22)9-14-7-8-18(19(11-14)26-2)28-13-15-5-4-6-16(10-15)20(23)24/h4-11H,3,13H2,1-2H3,(H,23,24)/b17-9+. The number of ether oxygens (including phenoxy) is 3. The highest BCUT2D eigenvalue weighted by Crippen LogP contribution is 2.29. The van der Waals surface area contributed by atoms with Gasteiger partial charge in [0.05, 0.1) is 19.3 Å². The van der Waals surface area contributed by atoms with Crippen molar-refractivity contribution in [3.8, 4) is 17.6 Å². The molecule has 0 fully saturated rings. The molecule has 7 heteroatoms. The van der Waals surface area contributed by atoms with Gasteiger partial charge in [0.2, 0.25) is 0 Å². The second-order valence-corrected chi connectivity index (χ2v) is 5.59. The van der Waals surface area contributed by atoms with Crippen LogP contribution in [-0.4, -0.2) is 30.8 Å². The fourth-order valence-electron chi connectivity index (χ4n) is 2.36. The lowest BCUT2D eigenvalue weighted by Crippen LogP contribution is -2.06. The Kier molecular flexibility index (Phi) is 7.17. The fraction of sp³-hybridized carbons (Fsp3) is 0.190. The minimum absolute atomic E-state index is 0.122. The van der Waals surface area contributed by atoms with Gasteiger partial charge in [-0.15, -0.1) is 0 Å². The summed E-state index contributed by atoms with van der Waals surface area (Å²) in [5.74, 6) is -0.854. The number of rotatable bonds is 8. The Morgan fingerprint density at radius 2 is 1.96 bits per heavy atom. The van der Waals surface area contributed by atoms with Crippen molar-refractivity contribution in [2.75, 3.05) is 13.7 Å². The van der Waals surface area contributed by atoms with Gasteiger partial charge in [0.1, 0.15) is 18.2 Å². The number of aromatic carboxylic acids is 1. The van der Waals surface area contributed by atoms with Gasteiger partial charge in [-0.05, 0) is 48.4 Å². The molecule has 2 aromatic rings. The third-order valence-corrected chi connectivity index (χ3v) is 3.68. The van der Waals surface area contributed by atoms with Crippen molar-refractivity contribution in [2.45, 2.75) is 13.5 Å². The van der Waals surface area contributed by atoms with Gasteiger partial charge in [-0.2, -0.15) is 5.26 Å². The summed E-state index contributed by atoms with van der Waals surface area (Å²) < 4.78 is 15.9. The van der Waals surface area contributed by atoms with Crippen LogP contribution in [0.25, 0.3) is 6.08 Å². The lowest BCUT2D eigenvalue weighted by molar-refractivity contribution is -0.137. The number of hydrogen-bond donors (Lipinski definition) is 1. The van der Waals surface area contributed by atoms with Crippen LogP contribution in [0.4, 0.5) is 0 Å². The minimum Gasteiger partial charge on any atom is -0.493 e. The maximum atomic E-state index is 11.7. The Morgan fingerprint density at radius 3 is 2.61 bits per heavy atom. The van der Waals surface area contributed by atoms with Crippen molar-refractivity contribution in [3.05, 3.63) is 64.7 Å². The number of methoxy groups -OCH3 is 1. The number of hydrogen-bond acceptors (Lipinski definition) is 6. The number of esters is 1. The molecule has 1 N–H and O–H groups in total. The summed E-state index contributed by atoms with van der Waals surface area (Å²) in [5.41, 5.74) is 1.32. The molecule has 0 bridgehead atoms. The Morgan fingerprint density at radius 1 is 1.18 bits per heavy atom. The van der Waals surface area contributed by atoms with E-state index in [9.17, 15) is 9.59 Å². The molecule has 0 radical (unpaired) electrons. The molecule has 0 unspecified atom stereocenters. The third-order valence-electron chi connectivity index (χ3n) is 3.68. The predicted molar refractivity (Wildman–Crippen MR) is 101 cm³/mol. The van der Waals surface area contributed by atoms with Crippen LogP contribution in [0.15, 0.2) is 48.0 Å². The monoisotopic (exact) mass is 381 g/mol. The predicted octanol–water partition coefficient (Wildman–Crippen LogP) is 3.44. The van der Waals surface area contributed by atoms with Gasteiger partial charge in [0, 0.05) is 0 Å². The first-order chi connectivity index (χ1) is 13.5. The third kappa shape index (κ3) is 5.35. The Balaban J connectivity index is 2.19. The van der Waals surface area contributed by atoms with Gasteiger partial charge < -0.3 is 19.3 Å². The molecule has 28 heavy (non-hydrogen) atoms. The molecule has 2 aromatic carbocycles. The highest BCUT2D eigenvalue weighted by molar-refractivity contribution is 5.97. The van der Waals surface area contributed by atoms with Gasteiger partial charge in [-0.25, -0.2) is 9.59 Å². The summed E-state index contributed by atoms with van der Waals surface area (Å²) in [6.45, 7) is 1.99. The number of carbonyl (C=O) groups excluding carboxylic acids is 1. The SMILES string of the molecule is CCOC(=O)/C(C#N)=C/c1ccc(OCc2cccc(C(=O)O)c2)c(OC)c1. The number of nitrogens with zero attached hydrogens (tertiary/aromatic N) is 1. The molecule has 0 aliphatic rings. The number of carbonyl (C=O) groups is 2. The molecule has 7 nitrogen and oxygen atoms in total. The highest BCUT2D eigenvalue weighted by Gasteiger charge is 2.12. The first kappa shape index (κ1) is 20.5. The summed E-state index contributed by atoms with van der Waals surface area (Å²) in [6, 6.07) is 13.2. The summed E-state index contributed by atoms with van der Waals surface area (Å²) in [4.78, 5) is 22.8. The van der Waals surface area contributed by atoms with Gasteiger partial charge in [0.15, 0.2) is 11.5 Å². The van der Waals surface area contributed by atoms with Gasteiger partial charge in [-0.3, -0.25) is 0 Å². The van der Waals surface area contributed by atoms with E-state index in [2.05, 4.69) is 0 Å². The summed E-state index contributed by atoms with van der Waals surface area (Å²) in [6.07, 6.45) is 1.40. The number of carboxylic acid groups (broad SMARTS) is 1. The van der Waals surface area contributed by atoms with Crippen molar-refractivity contribution in [3.63, 3.8) is 0 Å². The Labute approximate surface area is 162 Å². The molecule has 0 heterocycles. The van der Waals surface area contributed by atoms with Crippen LogP contribution in [0, 0.1) is 11.3 Å². The maximum absolute atomic E-state index is 11.7. The van der Waals surface area contributed by atoms with Crippen LogP contribution < -0.4 is 9.47 Å². The van der Waals surface area contributed by atoms with E-state index in [4.69, 9.17) is 24.6 Å². The van der Waals surface area contributed by atoms with E-state index < -0.39 is 11.9 Å². The van der Waals surface area contributed by atoms with Crippen LogP contribution in [0.5, 0.6) is 11.5 Å². The first-order valence-corrected chi connectivity index (χ1v) is 8.40. The van der Waals surface area contributed by atoms with Crippen molar-refractivity contribution < 1.29 is 28.9 Å². The zero-order valence-electron chi connectivity index (χ0n) is 15.5. The summed E-state index contributed by atoms with van der Waals surface area (Å²) >= 11 is 0. The average molecular weight is 381 g/mol. The van der Waals surface area contributed by atoms with Crippen LogP contribution in [0.2, 0.25) is 0 Å². The normalized spacial score (nSPS) is 10.7. The molecule has 144 valence electrons. The van der Waals surface area contributed by atoms with Crippen molar-refractivity contribution in [1.29, 1.82) is 5.26 Å². The van der Waals surface area contributed by atoms with E-state index in [-0.39, 0.29) is 24.4 Å². The van der Waals surface area contributed by atoms with Crippen LogP contribution in [0.3, 0.4) is 0 Å². The zero-order chi connectivity index (χ0) is 20.5. The van der Waals surface area contributed by atoms with E-state index in [1.54, 1.807) is 37.3 Å². The summed E-state index contributed by atoms with van der Waals surface area (Å²) in [5, 5.41) is 18.2. The second kappa shape index (κ2) is 9.78. The number of benzene rings is 2. The van der Waals surface area contributed by atoms with Gasteiger partial charge >= 0.3 is 11.9 Å². The topological polar surface area (TPSA) is 106 Å². The minimum atomic E-state index is -1.01. The van der Waals surface area contributed by atoms with Crippen LogP contribution >= 0.6 is 0 Å². The molecule has 0 aliphatic carbocycles. The van der Waals surface area contributed by atoms with Gasteiger partial charge in [-0.1, -0.05) is 18.2 Å². The Hall–Kier alpha value is -3.79. The largest absolute Gasteiger partial charge is 0.493 e. The quantitative estimate of drug-likeness (QED) is 0.424. The van der Waals surface area contributed by atoms with Crippen molar-refractivity contribution >= 4 is 18.0 Å². The van der Waals surface area contributed by atoms with E-state index in [0.29, 0.717) is 22.6 Å². The molecular weight excluding hydrogens is 362 g/mol. The zero-order valence-corrected chi connectivity index (χ0v) is 15.5. The molecular formula is C21H19NO6. The first-order valence-electron chi connectivity index (χ1n) is 8.40. The fourth-order valence-corrected chi connectivity index (χ4v) is 2.36. The molecule has 0 atom stereocenters. The second-order valence-electron chi connectivity index (χ2n) is 5.59. The van der Waals surface area contributed by atoms with Crippen molar-refractivity contribution in [1.82, 2.24) is 0 Å². The number of nitriles is 1. The molecule has 0 amide bonds. The Bertz CT molecular complexity index is 942. The average Bonchev–Trinajstić information content (AvgIpc) is 2.71. The molecule has 0 spiro atoms.